The highest BCUT2D eigenvalue weighted by atomic mass is 19.4. The lowest BCUT2D eigenvalue weighted by atomic mass is 10.0. The smallest absolute Gasteiger partial charge is 0.381 e. The molecule has 0 atom stereocenters. The quantitative estimate of drug-likeness (QED) is 0.490. The molecule has 2 aromatic carbocycles. The molecule has 1 amide bonds. The van der Waals surface area contributed by atoms with Crippen LogP contribution in [0.15, 0.2) is 54.6 Å². The summed E-state index contributed by atoms with van der Waals surface area (Å²) in [5, 5.41) is 2.77. The Labute approximate surface area is 187 Å². The number of carbonyl (C=O) groups excluding carboxylic acids is 1. The number of halogens is 3. The molecule has 1 aliphatic heterocycles. The van der Waals surface area contributed by atoms with E-state index in [0.717, 1.165) is 54.8 Å². The highest BCUT2D eigenvalue weighted by Crippen LogP contribution is 2.29. The van der Waals surface area contributed by atoms with E-state index in [9.17, 15) is 18.0 Å². The lowest BCUT2D eigenvalue weighted by Gasteiger charge is -2.40. The number of benzene rings is 2. The highest BCUT2D eigenvalue weighted by Gasteiger charge is 2.31. The fourth-order valence-electron chi connectivity index (χ4n) is 3.98. The van der Waals surface area contributed by atoms with Gasteiger partial charge >= 0.3 is 6.18 Å². The van der Waals surface area contributed by atoms with Crippen LogP contribution >= 0.6 is 0 Å². The molecule has 0 saturated carbocycles. The molecule has 7 heteroatoms. The zero-order valence-electron chi connectivity index (χ0n) is 18.5. The number of nitrogens with zero attached hydrogens (tertiary/aromatic N) is 1. The minimum Gasteiger partial charge on any atom is -0.381 e. The zero-order chi connectivity index (χ0) is 23.2. The number of rotatable bonds is 7. The van der Waals surface area contributed by atoms with Gasteiger partial charge in [0.05, 0.1) is 38.9 Å². The number of hydrogen-bond acceptors (Lipinski definition) is 2. The third kappa shape index (κ3) is 6.93. The Kier molecular flexibility index (Phi) is 7.74. The summed E-state index contributed by atoms with van der Waals surface area (Å²) < 4.78 is 44.7. The van der Waals surface area contributed by atoms with Crippen molar-refractivity contribution in [2.24, 2.45) is 0 Å². The van der Waals surface area contributed by atoms with Crippen LogP contribution in [0.1, 0.15) is 35.1 Å². The number of nitrogens with one attached hydrogen (secondary N) is 1. The lowest BCUT2D eigenvalue weighted by Crippen LogP contribution is -2.50. The summed E-state index contributed by atoms with van der Waals surface area (Å²) in [6.07, 6.45) is 0.370. The predicted molar refractivity (Wildman–Crippen MR) is 118 cm³/mol. The Hall–Kier alpha value is -2.64. The molecule has 1 fully saturated rings. The molecule has 0 aromatic heterocycles. The van der Waals surface area contributed by atoms with Gasteiger partial charge in [0.1, 0.15) is 6.54 Å². The van der Waals surface area contributed by atoms with Crippen molar-refractivity contribution in [1.82, 2.24) is 5.32 Å². The number of alkyl halides is 3. The fourth-order valence-corrected chi connectivity index (χ4v) is 3.98. The number of amides is 1. The van der Waals surface area contributed by atoms with E-state index in [1.165, 1.54) is 29.8 Å². The summed E-state index contributed by atoms with van der Waals surface area (Å²) >= 11 is 0. The first-order valence-electron chi connectivity index (χ1n) is 10.7. The van der Waals surface area contributed by atoms with Gasteiger partial charge < -0.3 is 14.5 Å². The van der Waals surface area contributed by atoms with Crippen molar-refractivity contribution in [2.75, 3.05) is 27.3 Å². The van der Waals surface area contributed by atoms with E-state index in [0.29, 0.717) is 18.2 Å². The van der Waals surface area contributed by atoms with Crippen molar-refractivity contribution in [3.05, 3.63) is 76.9 Å². The van der Waals surface area contributed by atoms with Gasteiger partial charge in [-0.1, -0.05) is 36.4 Å². The molecule has 0 bridgehead atoms. The predicted octanol–water partition coefficient (Wildman–Crippen LogP) is 4.79. The van der Waals surface area contributed by atoms with Gasteiger partial charge in [0, 0.05) is 31.0 Å². The maximum atomic E-state index is 12.8. The van der Waals surface area contributed by atoms with E-state index in [4.69, 9.17) is 4.74 Å². The second-order valence-electron chi connectivity index (χ2n) is 8.77. The SMILES string of the molecule is C[N+](C)(Cc1ccc(CNC(=O)/C=C/c2cccc(C(F)(F)F)c2)cc1)C1CCOCC1. The van der Waals surface area contributed by atoms with Crippen LogP contribution in [0.25, 0.3) is 6.08 Å². The Morgan fingerprint density at radius 1 is 1.09 bits per heavy atom. The molecule has 1 aliphatic rings. The Balaban J connectivity index is 1.50. The summed E-state index contributed by atoms with van der Waals surface area (Å²) in [5.74, 6) is -0.358. The maximum Gasteiger partial charge on any atom is 0.416 e. The largest absolute Gasteiger partial charge is 0.416 e. The van der Waals surface area contributed by atoms with Crippen LogP contribution in [0.3, 0.4) is 0 Å². The molecule has 0 unspecified atom stereocenters. The van der Waals surface area contributed by atoms with Crippen molar-refractivity contribution in [3.63, 3.8) is 0 Å². The van der Waals surface area contributed by atoms with Crippen LogP contribution in [0.5, 0.6) is 0 Å². The third-order valence-corrected chi connectivity index (χ3v) is 5.90. The van der Waals surface area contributed by atoms with E-state index < -0.39 is 11.7 Å². The van der Waals surface area contributed by atoms with E-state index in [2.05, 4.69) is 31.5 Å². The van der Waals surface area contributed by atoms with Crippen molar-refractivity contribution in [2.45, 2.75) is 38.1 Å². The minimum atomic E-state index is -4.41. The van der Waals surface area contributed by atoms with Gasteiger partial charge in [-0.15, -0.1) is 0 Å². The average molecular weight is 448 g/mol. The molecular weight excluding hydrogens is 417 g/mol. The highest BCUT2D eigenvalue weighted by molar-refractivity contribution is 5.91. The number of hydrogen-bond donors (Lipinski definition) is 1. The summed E-state index contributed by atoms with van der Waals surface area (Å²) in [6, 6.07) is 13.6. The molecule has 32 heavy (non-hydrogen) atoms. The van der Waals surface area contributed by atoms with Crippen LogP contribution in [0.2, 0.25) is 0 Å². The minimum absolute atomic E-state index is 0.324. The maximum absolute atomic E-state index is 12.8. The first-order valence-corrected chi connectivity index (χ1v) is 10.7. The van der Waals surface area contributed by atoms with Crippen molar-refractivity contribution < 1.29 is 27.2 Å². The number of ether oxygens (including phenoxy) is 1. The van der Waals surface area contributed by atoms with E-state index >= 15 is 0 Å². The van der Waals surface area contributed by atoms with E-state index in [1.54, 1.807) is 0 Å². The third-order valence-electron chi connectivity index (χ3n) is 5.90. The molecule has 0 aliphatic carbocycles. The van der Waals surface area contributed by atoms with Crippen LogP contribution in [0.4, 0.5) is 13.2 Å². The van der Waals surface area contributed by atoms with E-state index in [-0.39, 0.29) is 5.91 Å². The first-order chi connectivity index (χ1) is 15.1. The monoisotopic (exact) mass is 447 g/mol. The number of quaternary nitrogens is 1. The normalized spacial score (nSPS) is 15.8. The van der Waals surface area contributed by atoms with Gasteiger partial charge in [0.15, 0.2) is 0 Å². The molecular formula is C25H30F3N2O2+. The van der Waals surface area contributed by atoms with Crippen molar-refractivity contribution in [3.8, 4) is 0 Å². The van der Waals surface area contributed by atoms with Crippen LogP contribution in [-0.4, -0.2) is 43.7 Å². The molecule has 0 radical (unpaired) electrons. The molecule has 4 nitrogen and oxygen atoms in total. The summed E-state index contributed by atoms with van der Waals surface area (Å²) in [7, 11) is 4.50. The summed E-state index contributed by atoms with van der Waals surface area (Å²) in [6.45, 7) is 2.93. The molecule has 1 N–H and O–H groups in total. The zero-order valence-corrected chi connectivity index (χ0v) is 18.5. The average Bonchev–Trinajstić information content (AvgIpc) is 2.77. The molecule has 2 aromatic rings. The topological polar surface area (TPSA) is 38.3 Å². The van der Waals surface area contributed by atoms with Gasteiger partial charge in [0.25, 0.3) is 0 Å². The van der Waals surface area contributed by atoms with Gasteiger partial charge in [-0.3, -0.25) is 4.79 Å². The molecule has 1 saturated heterocycles. The lowest BCUT2D eigenvalue weighted by molar-refractivity contribution is -0.929. The molecule has 1 heterocycles. The Morgan fingerprint density at radius 3 is 2.41 bits per heavy atom. The van der Waals surface area contributed by atoms with Crippen molar-refractivity contribution >= 4 is 12.0 Å². The fraction of sp³-hybridized carbons (Fsp3) is 0.400. The second kappa shape index (κ2) is 10.3. The van der Waals surface area contributed by atoms with E-state index in [1.807, 2.05) is 12.1 Å². The summed E-state index contributed by atoms with van der Waals surface area (Å²) in [5.41, 5.74) is 1.79. The standard InChI is InChI=1S/C25H29F3N2O2/c1-30(2,23-12-14-32-15-13-23)18-21-8-6-20(7-9-21)17-29-24(31)11-10-19-4-3-5-22(16-19)25(26,27)28/h3-11,16,23H,12-15,17-18H2,1-2H3/p+1/b11-10+. The van der Waals surface area contributed by atoms with Gasteiger partial charge in [-0.2, -0.15) is 13.2 Å². The number of carbonyl (C=O) groups is 1. The Morgan fingerprint density at radius 2 is 1.75 bits per heavy atom. The van der Waals surface area contributed by atoms with Gasteiger partial charge in [-0.25, -0.2) is 0 Å². The molecule has 3 rings (SSSR count). The first kappa shape index (κ1) is 24.0. The van der Waals surface area contributed by atoms with Gasteiger partial charge in [-0.05, 0) is 29.3 Å². The second-order valence-corrected chi connectivity index (χ2v) is 8.77. The van der Waals surface area contributed by atoms with Crippen LogP contribution in [0, 0.1) is 0 Å². The Bertz CT molecular complexity index is 931. The van der Waals surface area contributed by atoms with Crippen LogP contribution < -0.4 is 5.32 Å². The van der Waals surface area contributed by atoms with Crippen LogP contribution in [-0.2, 0) is 28.8 Å². The van der Waals surface area contributed by atoms with Crippen molar-refractivity contribution in [1.29, 1.82) is 0 Å². The molecule has 0 spiro atoms. The molecule has 172 valence electrons. The van der Waals surface area contributed by atoms with Gasteiger partial charge in [0.2, 0.25) is 5.91 Å². The summed E-state index contributed by atoms with van der Waals surface area (Å²) in [4.78, 5) is 12.1.